The van der Waals surface area contributed by atoms with Gasteiger partial charge in [0.1, 0.15) is 12.4 Å². The van der Waals surface area contributed by atoms with Crippen molar-refractivity contribution in [1.29, 1.82) is 0 Å². The molecule has 2 unspecified atom stereocenters. The van der Waals surface area contributed by atoms with Gasteiger partial charge in [-0.05, 0) is 17.7 Å². The van der Waals surface area contributed by atoms with Crippen molar-refractivity contribution in [3.05, 3.63) is 35.1 Å². The van der Waals surface area contributed by atoms with Gasteiger partial charge in [-0.25, -0.2) is 4.39 Å². The van der Waals surface area contributed by atoms with E-state index in [1.807, 2.05) is 0 Å². The van der Waals surface area contributed by atoms with Crippen LogP contribution in [0, 0.1) is 17.7 Å². The van der Waals surface area contributed by atoms with Crippen molar-refractivity contribution in [2.24, 2.45) is 0 Å². The Morgan fingerprint density at radius 3 is 2.52 bits per heavy atom. The standard InChI is InChI=1S/C16H20FNO3/c1-20-15-10-18(11-16(15)21-2)9-12-5-6-14(17)13(8-12)4-3-7-19/h5-6,8,15-16,19H,7,9-11H2,1-2H3. The van der Waals surface area contributed by atoms with Crippen molar-refractivity contribution in [3.8, 4) is 11.8 Å². The molecule has 1 heterocycles. The lowest BCUT2D eigenvalue weighted by Gasteiger charge is -2.15. The molecule has 5 heteroatoms. The molecule has 1 aliphatic rings. The highest BCUT2D eigenvalue weighted by molar-refractivity contribution is 5.38. The molecule has 1 N–H and O–H groups in total. The molecular formula is C16H20FNO3. The highest BCUT2D eigenvalue weighted by Crippen LogP contribution is 2.19. The summed E-state index contributed by atoms with van der Waals surface area (Å²) in [6, 6.07) is 4.88. The van der Waals surface area contributed by atoms with Crippen molar-refractivity contribution in [1.82, 2.24) is 4.90 Å². The average Bonchev–Trinajstić information content (AvgIpc) is 2.89. The van der Waals surface area contributed by atoms with Gasteiger partial charge in [0.05, 0.1) is 17.8 Å². The number of hydrogen-bond acceptors (Lipinski definition) is 4. The summed E-state index contributed by atoms with van der Waals surface area (Å²) >= 11 is 0. The molecule has 114 valence electrons. The first-order chi connectivity index (χ1) is 10.2. The fraction of sp³-hybridized carbons (Fsp3) is 0.500. The fourth-order valence-corrected chi connectivity index (χ4v) is 2.56. The number of likely N-dealkylation sites (tertiary alicyclic amines) is 1. The molecule has 0 bridgehead atoms. The Hall–Kier alpha value is -1.45. The summed E-state index contributed by atoms with van der Waals surface area (Å²) in [5, 5.41) is 8.70. The Morgan fingerprint density at radius 2 is 1.95 bits per heavy atom. The van der Waals surface area contributed by atoms with E-state index >= 15 is 0 Å². The largest absolute Gasteiger partial charge is 0.384 e. The Kier molecular flexibility index (Phi) is 5.71. The van der Waals surface area contributed by atoms with Gasteiger partial charge in [-0.1, -0.05) is 17.9 Å². The van der Waals surface area contributed by atoms with Crippen molar-refractivity contribution < 1.29 is 19.0 Å². The minimum absolute atomic E-state index is 0.0594. The summed E-state index contributed by atoms with van der Waals surface area (Å²) in [7, 11) is 3.36. The summed E-state index contributed by atoms with van der Waals surface area (Å²) in [4.78, 5) is 2.21. The molecule has 0 spiro atoms. The van der Waals surface area contributed by atoms with Gasteiger partial charge in [0.2, 0.25) is 0 Å². The van der Waals surface area contributed by atoms with E-state index in [9.17, 15) is 4.39 Å². The predicted molar refractivity (Wildman–Crippen MR) is 77.2 cm³/mol. The third-order valence-electron chi connectivity index (χ3n) is 3.64. The van der Waals surface area contributed by atoms with Crippen molar-refractivity contribution in [2.45, 2.75) is 18.8 Å². The van der Waals surface area contributed by atoms with E-state index in [2.05, 4.69) is 16.7 Å². The zero-order valence-electron chi connectivity index (χ0n) is 12.3. The van der Waals surface area contributed by atoms with Gasteiger partial charge in [-0.3, -0.25) is 4.90 Å². The van der Waals surface area contributed by atoms with Crippen LogP contribution in [-0.2, 0) is 16.0 Å². The topological polar surface area (TPSA) is 41.9 Å². The third kappa shape index (κ3) is 4.02. The molecule has 2 rings (SSSR count). The number of methoxy groups -OCH3 is 2. The SMILES string of the molecule is COC1CN(Cc2ccc(F)c(C#CCO)c2)CC1OC. The molecule has 1 aromatic rings. The predicted octanol–water partition coefficient (Wildman–Crippen LogP) is 1.02. The summed E-state index contributed by atoms with van der Waals surface area (Å²) in [5.74, 6) is 4.73. The third-order valence-corrected chi connectivity index (χ3v) is 3.64. The van der Waals surface area contributed by atoms with Crippen molar-refractivity contribution in [2.75, 3.05) is 33.9 Å². The van der Waals surface area contributed by atoms with E-state index in [0.29, 0.717) is 12.1 Å². The van der Waals surface area contributed by atoms with Gasteiger partial charge in [-0.2, -0.15) is 0 Å². The van der Waals surface area contributed by atoms with Crippen LogP contribution in [0.25, 0.3) is 0 Å². The number of benzene rings is 1. The lowest BCUT2D eigenvalue weighted by atomic mass is 10.1. The zero-order chi connectivity index (χ0) is 15.2. The highest BCUT2D eigenvalue weighted by atomic mass is 19.1. The second-order valence-corrected chi connectivity index (χ2v) is 5.02. The Balaban J connectivity index is 2.07. The summed E-state index contributed by atoms with van der Waals surface area (Å²) in [6.07, 6.45) is 0.119. The number of halogens is 1. The molecule has 4 nitrogen and oxygen atoms in total. The normalized spacial score (nSPS) is 22.1. The number of aliphatic hydroxyl groups excluding tert-OH is 1. The zero-order valence-corrected chi connectivity index (χ0v) is 12.3. The minimum Gasteiger partial charge on any atom is -0.384 e. The molecule has 1 saturated heterocycles. The van der Waals surface area contributed by atoms with Crippen molar-refractivity contribution in [3.63, 3.8) is 0 Å². The molecule has 21 heavy (non-hydrogen) atoms. The van der Waals surface area contributed by atoms with Gasteiger partial charge in [0, 0.05) is 33.9 Å². The second kappa shape index (κ2) is 7.53. The van der Waals surface area contributed by atoms with Crippen LogP contribution in [0.3, 0.4) is 0 Å². The maximum Gasteiger partial charge on any atom is 0.138 e. The number of aliphatic hydroxyl groups is 1. The molecule has 1 aromatic carbocycles. The molecule has 0 amide bonds. The quantitative estimate of drug-likeness (QED) is 0.842. The fourth-order valence-electron chi connectivity index (χ4n) is 2.56. The number of hydrogen-bond donors (Lipinski definition) is 1. The molecule has 0 aliphatic carbocycles. The molecule has 0 radical (unpaired) electrons. The van der Waals surface area contributed by atoms with Crippen LogP contribution < -0.4 is 0 Å². The van der Waals surface area contributed by atoms with Crippen LogP contribution in [0.2, 0.25) is 0 Å². The van der Waals surface area contributed by atoms with E-state index in [1.165, 1.54) is 6.07 Å². The lowest BCUT2D eigenvalue weighted by Crippen LogP contribution is -2.27. The van der Waals surface area contributed by atoms with E-state index in [1.54, 1.807) is 26.4 Å². The highest BCUT2D eigenvalue weighted by Gasteiger charge is 2.32. The van der Waals surface area contributed by atoms with Crippen molar-refractivity contribution >= 4 is 0 Å². The van der Waals surface area contributed by atoms with Crippen LogP contribution in [0.1, 0.15) is 11.1 Å². The van der Waals surface area contributed by atoms with Crippen LogP contribution >= 0.6 is 0 Å². The van der Waals surface area contributed by atoms with Gasteiger partial charge in [0.25, 0.3) is 0 Å². The van der Waals surface area contributed by atoms with E-state index in [0.717, 1.165) is 18.7 Å². The average molecular weight is 293 g/mol. The first-order valence-corrected chi connectivity index (χ1v) is 6.84. The van der Waals surface area contributed by atoms with Gasteiger partial charge in [-0.15, -0.1) is 0 Å². The van der Waals surface area contributed by atoms with Gasteiger partial charge in [0.15, 0.2) is 0 Å². The monoisotopic (exact) mass is 293 g/mol. The number of ether oxygens (including phenoxy) is 2. The molecule has 1 fully saturated rings. The maximum absolute atomic E-state index is 13.6. The minimum atomic E-state index is -0.370. The van der Waals surface area contributed by atoms with E-state index in [4.69, 9.17) is 14.6 Å². The lowest BCUT2D eigenvalue weighted by molar-refractivity contribution is -0.00461. The second-order valence-electron chi connectivity index (χ2n) is 5.02. The number of rotatable bonds is 4. The number of nitrogens with zero attached hydrogens (tertiary/aromatic N) is 1. The van der Waals surface area contributed by atoms with E-state index < -0.39 is 0 Å². The maximum atomic E-state index is 13.6. The van der Waals surface area contributed by atoms with Gasteiger partial charge < -0.3 is 14.6 Å². The van der Waals surface area contributed by atoms with Crippen LogP contribution in [-0.4, -0.2) is 56.1 Å². The summed E-state index contributed by atoms with van der Waals surface area (Å²) < 4.78 is 24.4. The van der Waals surface area contributed by atoms with Crippen LogP contribution in [0.15, 0.2) is 18.2 Å². The first kappa shape index (κ1) is 15.9. The molecule has 0 aromatic heterocycles. The molecule has 1 aliphatic heterocycles. The smallest absolute Gasteiger partial charge is 0.138 e. The Bertz CT molecular complexity index is 526. The van der Waals surface area contributed by atoms with Crippen LogP contribution in [0.5, 0.6) is 0 Å². The Labute approximate surface area is 124 Å². The molecule has 2 atom stereocenters. The molecule has 0 saturated carbocycles. The summed E-state index contributed by atoms with van der Waals surface area (Å²) in [5.41, 5.74) is 1.29. The molecular weight excluding hydrogens is 273 g/mol. The van der Waals surface area contributed by atoms with Gasteiger partial charge >= 0.3 is 0 Å². The van der Waals surface area contributed by atoms with Crippen LogP contribution in [0.4, 0.5) is 4.39 Å². The Morgan fingerprint density at radius 1 is 1.29 bits per heavy atom. The van der Waals surface area contributed by atoms with E-state index in [-0.39, 0.29) is 24.6 Å². The summed E-state index contributed by atoms with van der Waals surface area (Å²) in [6.45, 7) is 1.97. The first-order valence-electron chi connectivity index (χ1n) is 6.84.